The van der Waals surface area contributed by atoms with E-state index in [1.807, 2.05) is 0 Å². The molecular formula is C28H30ClFN8O4. The van der Waals surface area contributed by atoms with Crippen LogP contribution in [0, 0.1) is 23.1 Å². The first-order valence-corrected chi connectivity index (χ1v) is 12.9. The van der Waals surface area contributed by atoms with Gasteiger partial charge in [0.2, 0.25) is 11.8 Å². The van der Waals surface area contributed by atoms with Gasteiger partial charge in [0.1, 0.15) is 28.3 Å². The summed E-state index contributed by atoms with van der Waals surface area (Å²) in [5.74, 6) is -2.24. The molecule has 220 valence electrons. The summed E-state index contributed by atoms with van der Waals surface area (Å²) in [7, 11) is 6.41. The molecule has 0 saturated carbocycles. The molecule has 4 N–H and O–H groups in total. The lowest BCUT2D eigenvalue weighted by atomic mass is 9.87. The highest BCUT2D eigenvalue weighted by atomic mass is 35.5. The third-order valence-electron chi connectivity index (χ3n) is 6.09. The standard InChI is InChI=1S/C28H30ClFN8O4/c1-14(2)23(35-20-12-33-28(37(3)4)36-25(20)42-6)21(22(32)27(40)41)24(15-7-8-16(11-31)19(30)9-15)34-17-10-18(29)26(39)38(5)13-17/h7-10,12-14,24,34H,32H2,1-6H3,(H,40,41). The first-order valence-electron chi connectivity index (χ1n) is 12.5. The van der Waals surface area contributed by atoms with Gasteiger partial charge < -0.3 is 30.4 Å². The summed E-state index contributed by atoms with van der Waals surface area (Å²) in [6, 6.07) is 5.80. The number of nitrogens with one attached hydrogen (secondary N) is 1. The Morgan fingerprint density at radius 3 is 2.55 bits per heavy atom. The van der Waals surface area contributed by atoms with Crippen molar-refractivity contribution in [1.29, 1.82) is 5.26 Å². The van der Waals surface area contributed by atoms with Crippen LogP contribution in [-0.2, 0) is 11.8 Å². The summed E-state index contributed by atoms with van der Waals surface area (Å²) in [6.07, 6.45) is 2.87. The highest BCUT2D eigenvalue weighted by Gasteiger charge is 2.30. The van der Waals surface area contributed by atoms with E-state index in [0.29, 0.717) is 11.6 Å². The fraction of sp³-hybridized carbons (Fsp3) is 0.286. The van der Waals surface area contributed by atoms with E-state index < -0.39 is 35.0 Å². The number of carbonyl (C=O) groups is 1. The van der Waals surface area contributed by atoms with E-state index in [-0.39, 0.29) is 39.0 Å². The van der Waals surface area contributed by atoms with Crippen molar-refractivity contribution in [2.24, 2.45) is 23.7 Å². The maximum Gasteiger partial charge on any atom is 0.352 e. The zero-order chi connectivity index (χ0) is 31.3. The number of anilines is 2. The van der Waals surface area contributed by atoms with Crippen LogP contribution < -0.4 is 26.2 Å². The lowest BCUT2D eigenvalue weighted by Crippen LogP contribution is -2.29. The topological polar surface area (TPSA) is 172 Å². The molecule has 2 heterocycles. The number of halogens is 2. The van der Waals surface area contributed by atoms with Crippen LogP contribution in [0.5, 0.6) is 5.88 Å². The highest BCUT2D eigenvalue weighted by molar-refractivity contribution is 6.30. The molecule has 0 aliphatic rings. The Morgan fingerprint density at radius 2 is 2.02 bits per heavy atom. The number of aliphatic carboxylic acids is 1. The summed E-state index contributed by atoms with van der Waals surface area (Å²) in [4.78, 5) is 39.6. The Hall–Kier alpha value is -4.96. The number of nitriles is 1. The number of benzene rings is 1. The zero-order valence-corrected chi connectivity index (χ0v) is 24.6. The second-order valence-electron chi connectivity index (χ2n) is 9.66. The largest absolute Gasteiger partial charge is 0.479 e. The number of carboxylic acids is 1. The van der Waals surface area contributed by atoms with Crippen molar-refractivity contribution in [2.75, 3.05) is 31.4 Å². The highest BCUT2D eigenvalue weighted by Crippen LogP contribution is 2.35. The number of nitrogens with two attached hydrogens (primary N) is 1. The van der Waals surface area contributed by atoms with Gasteiger partial charge in [0.15, 0.2) is 0 Å². The molecule has 0 spiro atoms. The third-order valence-corrected chi connectivity index (χ3v) is 6.36. The van der Waals surface area contributed by atoms with E-state index in [1.165, 1.54) is 49.3 Å². The van der Waals surface area contributed by atoms with Crippen molar-refractivity contribution in [3.8, 4) is 11.9 Å². The minimum atomic E-state index is -1.45. The van der Waals surface area contributed by atoms with Crippen LogP contribution in [0.25, 0.3) is 0 Å². The van der Waals surface area contributed by atoms with Crippen LogP contribution >= 0.6 is 11.6 Å². The molecule has 0 amide bonds. The van der Waals surface area contributed by atoms with E-state index in [2.05, 4.69) is 15.3 Å². The molecular weight excluding hydrogens is 567 g/mol. The van der Waals surface area contributed by atoms with Gasteiger partial charge in [-0.3, -0.25) is 4.79 Å². The molecule has 3 aromatic rings. The second-order valence-corrected chi connectivity index (χ2v) is 10.1. The minimum absolute atomic E-state index is 0.00896. The predicted molar refractivity (Wildman–Crippen MR) is 158 cm³/mol. The molecule has 0 fully saturated rings. The van der Waals surface area contributed by atoms with Gasteiger partial charge in [-0.2, -0.15) is 10.2 Å². The fourth-order valence-corrected chi connectivity index (χ4v) is 4.27. The van der Waals surface area contributed by atoms with Crippen LogP contribution in [0.15, 0.2) is 57.7 Å². The van der Waals surface area contributed by atoms with Crippen molar-refractivity contribution in [2.45, 2.75) is 19.9 Å². The smallest absolute Gasteiger partial charge is 0.352 e. The number of methoxy groups -OCH3 is 1. The molecule has 12 nitrogen and oxygen atoms in total. The normalized spacial score (nSPS) is 12.8. The van der Waals surface area contributed by atoms with E-state index >= 15 is 0 Å². The fourth-order valence-electron chi connectivity index (χ4n) is 4.02. The predicted octanol–water partition coefficient (Wildman–Crippen LogP) is 3.79. The summed E-state index contributed by atoms with van der Waals surface area (Å²) in [5, 5.41) is 22.4. The van der Waals surface area contributed by atoms with Gasteiger partial charge in [0, 0.05) is 32.9 Å². The summed E-state index contributed by atoms with van der Waals surface area (Å²) in [5.41, 5.74) is 5.88. The number of hydrogen-bond donors (Lipinski definition) is 3. The Labute approximate surface area is 246 Å². The molecule has 3 rings (SSSR count). The molecule has 0 radical (unpaired) electrons. The monoisotopic (exact) mass is 596 g/mol. The molecule has 0 aliphatic heterocycles. The van der Waals surface area contributed by atoms with E-state index in [0.717, 1.165) is 6.07 Å². The first-order chi connectivity index (χ1) is 19.8. The molecule has 0 saturated heterocycles. The summed E-state index contributed by atoms with van der Waals surface area (Å²) < 4.78 is 21.6. The molecule has 42 heavy (non-hydrogen) atoms. The van der Waals surface area contributed by atoms with E-state index in [4.69, 9.17) is 27.1 Å². The third kappa shape index (κ3) is 6.84. The van der Waals surface area contributed by atoms with Crippen LogP contribution in [0.1, 0.15) is 31.0 Å². The maximum absolute atomic E-state index is 14.9. The number of aromatic nitrogens is 3. The number of rotatable bonds is 10. The summed E-state index contributed by atoms with van der Waals surface area (Å²) >= 11 is 6.14. The van der Waals surface area contributed by atoms with Crippen molar-refractivity contribution in [3.63, 3.8) is 0 Å². The summed E-state index contributed by atoms with van der Waals surface area (Å²) in [6.45, 7) is 3.55. The minimum Gasteiger partial charge on any atom is -0.479 e. The van der Waals surface area contributed by atoms with E-state index in [1.54, 1.807) is 38.9 Å². The lowest BCUT2D eigenvalue weighted by Gasteiger charge is -2.28. The van der Waals surface area contributed by atoms with Gasteiger partial charge >= 0.3 is 5.97 Å². The van der Waals surface area contributed by atoms with Crippen LogP contribution in [0.4, 0.5) is 21.7 Å². The van der Waals surface area contributed by atoms with Crippen molar-refractivity contribution in [1.82, 2.24) is 14.5 Å². The van der Waals surface area contributed by atoms with Gasteiger partial charge in [-0.05, 0) is 29.7 Å². The first kappa shape index (κ1) is 31.6. The Kier molecular flexibility index (Phi) is 9.87. The Balaban J connectivity index is 2.38. The molecule has 2 aromatic heterocycles. The second kappa shape index (κ2) is 13.1. The van der Waals surface area contributed by atoms with Gasteiger partial charge in [0.25, 0.3) is 5.56 Å². The van der Waals surface area contributed by atoms with Crippen molar-refractivity contribution >= 4 is 40.6 Å². The number of hydrogen-bond acceptors (Lipinski definition) is 10. The van der Waals surface area contributed by atoms with E-state index in [9.17, 15) is 24.3 Å². The Morgan fingerprint density at radius 1 is 1.33 bits per heavy atom. The number of carboxylic acid groups (broad SMARTS) is 1. The maximum atomic E-state index is 14.9. The molecule has 1 aromatic carbocycles. The zero-order valence-electron chi connectivity index (χ0n) is 23.8. The van der Waals surface area contributed by atoms with Crippen LogP contribution in [-0.4, -0.2) is 52.5 Å². The molecule has 14 heteroatoms. The molecule has 1 atom stereocenters. The number of aryl methyl sites for hydroxylation is 1. The molecule has 1 unspecified atom stereocenters. The van der Waals surface area contributed by atoms with Gasteiger partial charge in [0.05, 0.1) is 36.3 Å². The molecule has 0 aliphatic carbocycles. The number of aliphatic imine (C=N–C) groups is 1. The van der Waals surface area contributed by atoms with Gasteiger partial charge in [-0.25, -0.2) is 19.2 Å². The molecule has 0 bridgehead atoms. The van der Waals surface area contributed by atoms with Crippen LogP contribution in [0.3, 0.4) is 0 Å². The van der Waals surface area contributed by atoms with Gasteiger partial charge in [-0.1, -0.05) is 31.5 Å². The van der Waals surface area contributed by atoms with Crippen LogP contribution in [0.2, 0.25) is 5.02 Å². The van der Waals surface area contributed by atoms with Crippen molar-refractivity contribution in [3.05, 3.63) is 80.2 Å². The quantitative estimate of drug-likeness (QED) is 0.231. The Bertz CT molecular complexity index is 1650. The van der Waals surface area contributed by atoms with Crippen molar-refractivity contribution < 1.29 is 19.0 Å². The number of nitrogens with zero attached hydrogens (tertiary/aromatic N) is 6. The van der Waals surface area contributed by atoms with Gasteiger partial charge in [-0.15, -0.1) is 0 Å². The SMILES string of the molecule is COc1nc(N(C)C)ncc1N=C(C(=C(N)C(=O)O)C(Nc1cc(Cl)c(=O)n(C)c1)c1ccc(C#N)c(F)c1)C(C)C. The average molecular weight is 597 g/mol. The number of pyridine rings is 1. The average Bonchev–Trinajstić information content (AvgIpc) is 2.94. The lowest BCUT2D eigenvalue weighted by molar-refractivity contribution is -0.132. The number of ether oxygens (including phenoxy) is 1.